The van der Waals surface area contributed by atoms with E-state index in [0.717, 1.165) is 30.8 Å². The molecule has 0 atom stereocenters. The molecule has 5 rings (SSSR count). The number of hydrogen-bond donors (Lipinski definition) is 0. The van der Waals surface area contributed by atoms with E-state index in [4.69, 9.17) is 4.74 Å². The zero-order chi connectivity index (χ0) is 28.3. The molecule has 0 amide bonds. The molecule has 0 saturated heterocycles. The molecular weight excluding hydrogens is 494 g/mol. The molecule has 0 aromatic heterocycles. The number of unbranched alkanes of at least 4 members (excludes halogenated alkanes) is 5. The Morgan fingerprint density at radius 2 is 1.57 bits per heavy atom. The minimum absolute atomic E-state index is 0.217. The Morgan fingerprint density at radius 3 is 2.27 bits per heavy atom. The maximum Gasteiger partial charge on any atom is 0.198 e. The number of hydrogen-bond acceptors (Lipinski definition) is 4. The predicted molar refractivity (Wildman–Crippen MR) is 164 cm³/mol. The summed E-state index contributed by atoms with van der Waals surface area (Å²) >= 11 is 0. The van der Waals surface area contributed by atoms with Gasteiger partial charge < -0.3 is 9.64 Å². The Hall–Kier alpha value is -3.66. The highest BCUT2D eigenvalue weighted by atomic mass is 16.5. The lowest BCUT2D eigenvalue weighted by atomic mass is 9.89. The quantitative estimate of drug-likeness (QED) is 0.183. The lowest BCUT2D eigenvalue weighted by Crippen LogP contribution is -2.21. The molecule has 1 aliphatic carbocycles. The summed E-state index contributed by atoms with van der Waals surface area (Å²) in [5.74, 6) is 0.918. The van der Waals surface area contributed by atoms with Crippen LogP contribution in [0.15, 0.2) is 83.4 Å². The minimum atomic E-state index is -0.288. The molecule has 0 saturated carbocycles. The van der Waals surface area contributed by atoms with Crippen molar-refractivity contribution in [1.29, 1.82) is 0 Å². The SMILES string of the molecule is CCCCCCCCN1CCc2cc(/C=C\C3=CC(=C4C(=O)c5ccccc5C4=O)C=C(C(C)(C)C)O3)ccc21. The van der Waals surface area contributed by atoms with Gasteiger partial charge >= 0.3 is 0 Å². The molecular formula is C36H41NO3. The van der Waals surface area contributed by atoms with Crippen LogP contribution in [0.2, 0.25) is 0 Å². The number of allylic oxidation sites excluding steroid dienone is 6. The summed E-state index contributed by atoms with van der Waals surface area (Å²) in [7, 11) is 0. The number of nitrogens with zero attached hydrogens (tertiary/aromatic N) is 1. The van der Waals surface area contributed by atoms with Crippen molar-refractivity contribution in [2.75, 3.05) is 18.0 Å². The third kappa shape index (κ3) is 5.91. The monoisotopic (exact) mass is 535 g/mol. The van der Waals surface area contributed by atoms with Gasteiger partial charge in [0, 0.05) is 35.3 Å². The molecule has 4 nitrogen and oxygen atoms in total. The first kappa shape index (κ1) is 27.9. The number of benzene rings is 2. The Morgan fingerprint density at radius 1 is 0.875 bits per heavy atom. The van der Waals surface area contributed by atoms with Crippen LogP contribution in [-0.2, 0) is 11.2 Å². The number of carbonyl (C=O) groups excluding carboxylic acids is 2. The van der Waals surface area contributed by atoms with Gasteiger partial charge in [0.05, 0.1) is 5.57 Å². The van der Waals surface area contributed by atoms with Gasteiger partial charge in [-0.15, -0.1) is 0 Å². The molecule has 0 radical (unpaired) electrons. The van der Waals surface area contributed by atoms with Crippen LogP contribution in [0, 0.1) is 5.41 Å². The van der Waals surface area contributed by atoms with Gasteiger partial charge in [-0.05, 0) is 59.9 Å². The molecule has 0 bridgehead atoms. The molecule has 2 aromatic carbocycles. The standard InChI is InChI=1S/C36H41NO3/c1-5-6-7-8-9-12-20-37-21-19-26-22-25(16-18-31(26)37)15-17-28-23-27(24-32(40-28)36(2,3)4)33-34(38)29-13-10-11-14-30(29)35(33)39/h10-11,13-18,22-24H,5-9,12,19-21H2,1-4H3/b17-15-. The molecule has 4 heteroatoms. The first-order valence-corrected chi connectivity index (χ1v) is 14.9. The van der Waals surface area contributed by atoms with Crippen molar-refractivity contribution in [1.82, 2.24) is 0 Å². The average Bonchev–Trinajstić information content (AvgIpc) is 3.46. The van der Waals surface area contributed by atoms with E-state index in [1.165, 1.54) is 49.8 Å². The highest BCUT2D eigenvalue weighted by Crippen LogP contribution is 2.37. The summed E-state index contributed by atoms with van der Waals surface area (Å²) < 4.78 is 6.27. The van der Waals surface area contributed by atoms with Crippen LogP contribution in [0.25, 0.3) is 6.08 Å². The summed E-state index contributed by atoms with van der Waals surface area (Å²) in [5.41, 5.74) is 5.37. The van der Waals surface area contributed by atoms with Crippen molar-refractivity contribution in [2.45, 2.75) is 72.6 Å². The number of ether oxygens (including phenoxy) is 1. The van der Waals surface area contributed by atoms with Crippen LogP contribution in [0.5, 0.6) is 0 Å². The van der Waals surface area contributed by atoms with Gasteiger partial charge in [-0.3, -0.25) is 9.59 Å². The summed E-state index contributed by atoms with van der Waals surface area (Å²) in [6.45, 7) is 10.7. The Labute approximate surface area is 239 Å². The third-order valence-corrected chi connectivity index (χ3v) is 8.03. The normalized spacial score (nSPS) is 16.9. The van der Waals surface area contributed by atoms with Crippen molar-refractivity contribution in [3.63, 3.8) is 0 Å². The van der Waals surface area contributed by atoms with E-state index < -0.39 is 0 Å². The maximum atomic E-state index is 13.2. The number of anilines is 1. The molecule has 0 fully saturated rings. The third-order valence-electron chi connectivity index (χ3n) is 8.03. The zero-order valence-electron chi connectivity index (χ0n) is 24.4. The molecule has 2 aromatic rings. The predicted octanol–water partition coefficient (Wildman–Crippen LogP) is 8.64. The first-order chi connectivity index (χ1) is 19.3. The largest absolute Gasteiger partial charge is 0.461 e. The number of ketones is 2. The van der Waals surface area contributed by atoms with Crippen LogP contribution < -0.4 is 4.90 Å². The van der Waals surface area contributed by atoms with Crippen LogP contribution in [0.1, 0.15) is 98.1 Å². The summed E-state index contributed by atoms with van der Waals surface area (Å²) in [4.78, 5) is 28.9. The number of rotatable bonds is 9. The minimum Gasteiger partial charge on any atom is -0.461 e. The van der Waals surface area contributed by atoms with E-state index in [9.17, 15) is 9.59 Å². The van der Waals surface area contributed by atoms with Crippen molar-refractivity contribution in [3.8, 4) is 0 Å². The molecule has 3 aliphatic rings. The van der Waals surface area contributed by atoms with Gasteiger partial charge in [-0.25, -0.2) is 0 Å². The lowest BCUT2D eigenvalue weighted by Gasteiger charge is -2.27. The van der Waals surface area contributed by atoms with Gasteiger partial charge in [0.15, 0.2) is 11.6 Å². The fraction of sp³-hybridized carbons (Fsp3) is 0.389. The second-order valence-corrected chi connectivity index (χ2v) is 12.2. The van der Waals surface area contributed by atoms with Crippen molar-refractivity contribution >= 4 is 23.3 Å². The van der Waals surface area contributed by atoms with Crippen LogP contribution >= 0.6 is 0 Å². The number of carbonyl (C=O) groups is 2. The zero-order valence-corrected chi connectivity index (χ0v) is 24.4. The second kappa shape index (κ2) is 11.8. The van der Waals surface area contributed by atoms with Crippen LogP contribution in [0.3, 0.4) is 0 Å². The fourth-order valence-electron chi connectivity index (χ4n) is 5.72. The molecule has 208 valence electrons. The molecule has 2 aliphatic heterocycles. The Kier molecular flexibility index (Phi) is 8.25. The highest BCUT2D eigenvalue weighted by molar-refractivity contribution is 6.40. The van der Waals surface area contributed by atoms with E-state index in [0.29, 0.717) is 22.5 Å². The fourth-order valence-corrected chi connectivity index (χ4v) is 5.72. The van der Waals surface area contributed by atoms with Gasteiger partial charge in [-0.1, -0.05) is 96.2 Å². The number of fused-ring (bicyclic) bond motifs is 2. The summed E-state index contributed by atoms with van der Waals surface area (Å²) in [5, 5.41) is 0. The van der Waals surface area contributed by atoms with Gasteiger partial charge in [0.25, 0.3) is 0 Å². The molecule has 2 heterocycles. The van der Waals surface area contributed by atoms with Crippen LogP contribution in [-0.4, -0.2) is 24.7 Å². The van der Waals surface area contributed by atoms with Crippen LogP contribution in [0.4, 0.5) is 5.69 Å². The summed E-state index contributed by atoms with van der Waals surface area (Å²) in [6, 6.07) is 13.7. The van der Waals surface area contributed by atoms with E-state index in [-0.39, 0.29) is 22.6 Å². The average molecular weight is 536 g/mol. The Bertz CT molecular complexity index is 1390. The smallest absolute Gasteiger partial charge is 0.198 e. The number of Topliss-reactive ketones (excluding diaryl/α,β-unsaturated/α-hetero) is 2. The van der Waals surface area contributed by atoms with E-state index >= 15 is 0 Å². The van der Waals surface area contributed by atoms with E-state index in [1.54, 1.807) is 24.3 Å². The van der Waals surface area contributed by atoms with Gasteiger partial charge in [0.1, 0.15) is 11.5 Å². The summed E-state index contributed by atoms with van der Waals surface area (Å²) in [6.07, 6.45) is 16.7. The lowest BCUT2D eigenvalue weighted by molar-refractivity contribution is 0.0987. The topological polar surface area (TPSA) is 46.6 Å². The highest BCUT2D eigenvalue weighted by Gasteiger charge is 2.36. The van der Waals surface area contributed by atoms with Crippen molar-refractivity contribution in [3.05, 3.63) is 106 Å². The molecule has 0 N–H and O–H groups in total. The first-order valence-electron chi connectivity index (χ1n) is 14.9. The molecule has 40 heavy (non-hydrogen) atoms. The van der Waals surface area contributed by atoms with E-state index in [1.807, 2.05) is 18.2 Å². The maximum absolute atomic E-state index is 13.2. The van der Waals surface area contributed by atoms with Gasteiger partial charge in [-0.2, -0.15) is 0 Å². The second-order valence-electron chi connectivity index (χ2n) is 12.2. The Balaban J connectivity index is 1.34. The van der Waals surface area contributed by atoms with E-state index in [2.05, 4.69) is 56.9 Å². The van der Waals surface area contributed by atoms with Gasteiger partial charge in [0.2, 0.25) is 0 Å². The van der Waals surface area contributed by atoms with Crippen molar-refractivity contribution < 1.29 is 14.3 Å². The molecule has 0 spiro atoms. The van der Waals surface area contributed by atoms with Crippen molar-refractivity contribution in [2.24, 2.45) is 5.41 Å². The molecule has 0 unspecified atom stereocenters.